The Balaban J connectivity index is 0.000000422. The molecule has 3 rings (SSSR count). The van der Waals surface area contributed by atoms with Crippen molar-refractivity contribution in [2.24, 2.45) is 0 Å². The molecule has 234 valence electrons. The number of fused-ring (bicyclic) bond motifs is 1. The van der Waals surface area contributed by atoms with Crippen LogP contribution in [0.4, 0.5) is 0 Å². The molecule has 0 spiro atoms. The van der Waals surface area contributed by atoms with E-state index in [2.05, 4.69) is 64.5 Å². The summed E-state index contributed by atoms with van der Waals surface area (Å²) >= 11 is 0. The smallest absolute Gasteiger partial charge is 0.359 e. The third-order valence-electron chi connectivity index (χ3n) is 7.52. The van der Waals surface area contributed by atoms with Crippen LogP contribution < -0.4 is 0 Å². The van der Waals surface area contributed by atoms with Gasteiger partial charge in [-0.15, -0.1) is 0 Å². The van der Waals surface area contributed by atoms with Crippen LogP contribution in [0.15, 0.2) is 55.0 Å². The van der Waals surface area contributed by atoms with Gasteiger partial charge in [0, 0.05) is 38.1 Å². The zero-order valence-corrected chi connectivity index (χ0v) is 27.0. The predicted molar refractivity (Wildman–Crippen MR) is 173 cm³/mol. The molecular weight excluding hydrogens is 534 g/mol. The molecule has 0 saturated carbocycles. The van der Waals surface area contributed by atoms with Crippen LogP contribution in [0.3, 0.4) is 0 Å². The fraction of sp³-hybridized carbons (Fsp3) is 0.667. The van der Waals surface area contributed by atoms with Gasteiger partial charge < -0.3 is 9.80 Å². The largest absolute Gasteiger partial charge is 0.397 e. The van der Waals surface area contributed by atoms with Crippen LogP contribution in [0.2, 0.25) is 0 Å². The second kappa shape index (κ2) is 23.4. The number of para-hydroxylation sites is 1. The van der Waals surface area contributed by atoms with Crippen molar-refractivity contribution in [2.75, 3.05) is 21.2 Å². The molecule has 41 heavy (non-hydrogen) atoms. The Kier molecular flexibility index (Phi) is 21.0. The van der Waals surface area contributed by atoms with Gasteiger partial charge in [-0.3, -0.25) is 13.7 Å². The van der Waals surface area contributed by atoms with E-state index in [-0.39, 0.29) is 0 Å². The Labute approximate surface area is 251 Å². The Morgan fingerprint density at radius 1 is 0.732 bits per heavy atom. The van der Waals surface area contributed by atoms with Crippen molar-refractivity contribution >= 4 is 21.3 Å². The second-order valence-electron chi connectivity index (χ2n) is 11.0. The number of aromatic nitrogens is 1. The monoisotopic (exact) mass is 591 g/mol. The van der Waals surface area contributed by atoms with E-state index < -0.39 is 10.4 Å². The first-order valence-corrected chi connectivity index (χ1v) is 17.1. The Morgan fingerprint density at radius 2 is 1.15 bits per heavy atom. The first-order chi connectivity index (χ1) is 19.8. The van der Waals surface area contributed by atoms with Crippen molar-refractivity contribution in [3.8, 4) is 0 Å². The molecule has 0 radical (unpaired) electrons. The average molecular weight is 592 g/mol. The van der Waals surface area contributed by atoms with Crippen LogP contribution in [0.5, 0.6) is 0 Å². The van der Waals surface area contributed by atoms with Gasteiger partial charge in [-0.05, 0) is 25.0 Å². The topological polar surface area (TPSA) is 83.0 Å². The Hall–Kier alpha value is -2.16. The maximum absolute atomic E-state index is 9.33. The van der Waals surface area contributed by atoms with Gasteiger partial charge in [-0.2, -0.15) is 8.42 Å². The van der Waals surface area contributed by atoms with Crippen LogP contribution in [-0.4, -0.2) is 55.1 Å². The second-order valence-corrected chi connectivity index (χ2v) is 12.2. The summed E-state index contributed by atoms with van der Waals surface area (Å²) in [6.45, 7) is 2.30. The highest BCUT2D eigenvalue weighted by molar-refractivity contribution is 7.80. The van der Waals surface area contributed by atoms with Gasteiger partial charge in [0.05, 0.1) is 12.6 Å². The molecule has 0 saturated heterocycles. The minimum atomic E-state index is -4.16. The fourth-order valence-electron chi connectivity index (χ4n) is 4.99. The fourth-order valence-corrected chi connectivity index (χ4v) is 4.99. The number of rotatable bonds is 18. The molecule has 1 aliphatic heterocycles. The summed E-state index contributed by atoms with van der Waals surface area (Å²) in [4.78, 5) is 8.86. The van der Waals surface area contributed by atoms with Crippen molar-refractivity contribution in [1.29, 1.82) is 0 Å². The third-order valence-corrected chi connectivity index (χ3v) is 7.94. The van der Waals surface area contributed by atoms with Gasteiger partial charge in [0.2, 0.25) is 0 Å². The molecule has 0 aliphatic carbocycles. The summed E-state index contributed by atoms with van der Waals surface area (Å²) in [7, 11) is 1.09. The molecule has 1 aliphatic rings. The lowest BCUT2D eigenvalue weighted by Gasteiger charge is -2.27. The molecule has 0 unspecified atom stereocenters. The van der Waals surface area contributed by atoms with Gasteiger partial charge in [-0.1, -0.05) is 128 Å². The number of hydrogen-bond acceptors (Lipinski definition) is 6. The highest BCUT2D eigenvalue weighted by Gasteiger charge is 2.19. The molecule has 1 N–H and O–H groups in total. The molecule has 0 amide bonds. The minimum absolute atomic E-state index is 0.603. The van der Waals surface area contributed by atoms with Crippen molar-refractivity contribution < 1.29 is 17.2 Å². The number of hydrogen-bond donors (Lipinski definition) is 1. The first kappa shape index (κ1) is 36.9. The molecular formula is C33H57N3O4S. The molecule has 0 fully saturated rings. The van der Waals surface area contributed by atoms with E-state index in [9.17, 15) is 8.42 Å². The highest BCUT2D eigenvalue weighted by atomic mass is 32.3. The third kappa shape index (κ3) is 19.6. The van der Waals surface area contributed by atoms with Gasteiger partial charge in [0.1, 0.15) is 6.17 Å². The lowest BCUT2D eigenvalue weighted by molar-refractivity contribution is 0.188. The molecule has 2 aromatic rings. The summed E-state index contributed by atoms with van der Waals surface area (Å²) < 4.78 is 29.7. The molecule has 1 aromatic carbocycles. The predicted octanol–water partition coefficient (Wildman–Crippen LogP) is 8.98. The van der Waals surface area contributed by atoms with Gasteiger partial charge in [-0.25, -0.2) is 0 Å². The molecule has 7 nitrogen and oxygen atoms in total. The minimum Gasteiger partial charge on any atom is -0.359 e. The van der Waals surface area contributed by atoms with E-state index in [1.165, 1.54) is 115 Å². The summed E-state index contributed by atoms with van der Waals surface area (Å²) in [5.74, 6) is 0. The maximum atomic E-state index is 9.33. The quantitative estimate of drug-likeness (QED) is 0.137. The van der Waals surface area contributed by atoms with E-state index in [0.29, 0.717) is 6.17 Å². The van der Waals surface area contributed by atoms with Crippen LogP contribution >= 0.6 is 0 Å². The van der Waals surface area contributed by atoms with Crippen LogP contribution in [0.1, 0.15) is 116 Å². The maximum Gasteiger partial charge on any atom is 0.397 e. The zero-order chi connectivity index (χ0) is 30.2. The first-order valence-electron chi connectivity index (χ1n) is 15.7. The molecule has 1 aromatic heterocycles. The lowest BCUT2D eigenvalue weighted by Crippen LogP contribution is -2.33. The molecule has 8 heteroatoms. The highest BCUT2D eigenvalue weighted by Crippen LogP contribution is 2.19. The molecule has 2 heterocycles. The Morgan fingerprint density at radius 3 is 1.59 bits per heavy atom. The van der Waals surface area contributed by atoms with Gasteiger partial charge in [0.25, 0.3) is 0 Å². The number of nitrogens with zero attached hydrogens (tertiary/aromatic N) is 3. The van der Waals surface area contributed by atoms with Crippen molar-refractivity contribution in [3.05, 3.63) is 55.0 Å². The number of pyridine rings is 1. The molecule has 0 atom stereocenters. The normalized spacial score (nSPS) is 13.2. The van der Waals surface area contributed by atoms with Crippen molar-refractivity contribution in [3.63, 3.8) is 0 Å². The van der Waals surface area contributed by atoms with Crippen molar-refractivity contribution in [1.82, 2.24) is 14.8 Å². The van der Waals surface area contributed by atoms with E-state index in [0.717, 1.165) is 12.6 Å². The summed E-state index contributed by atoms with van der Waals surface area (Å²) in [6, 6.07) is 12.1. The summed E-state index contributed by atoms with van der Waals surface area (Å²) in [5, 5.41) is 1.20. The van der Waals surface area contributed by atoms with E-state index in [1.807, 2.05) is 30.5 Å². The van der Waals surface area contributed by atoms with Crippen molar-refractivity contribution in [2.45, 2.75) is 122 Å². The SMILES string of the molecule is CCCCCCCCCCCCCCCCCCC1N(C)C=CN1C.COS(=O)(=O)O.c1ccc2ncccc2c1. The van der Waals surface area contributed by atoms with Crippen LogP contribution in [0.25, 0.3) is 10.9 Å². The van der Waals surface area contributed by atoms with Gasteiger partial charge in [0.15, 0.2) is 0 Å². The Bertz CT molecular complexity index is 955. The lowest BCUT2D eigenvalue weighted by atomic mass is 10.0. The standard InChI is InChI=1S/C23H46N2.C9H7N.CH4O4S/c1-4-5-6-7-8-9-10-11-12-13-14-15-16-17-18-19-20-23-24(2)21-22-25(23)3;1-2-6-9-8(4-1)5-3-7-10-9;1-5-6(2,3)4/h21-23H,4-20H2,1-3H3;1-7H;1H3,(H,2,3,4). The van der Waals surface area contributed by atoms with Crippen LogP contribution in [0, 0.1) is 0 Å². The van der Waals surface area contributed by atoms with E-state index in [1.54, 1.807) is 0 Å². The summed E-state index contributed by atoms with van der Waals surface area (Å²) in [5.41, 5.74) is 1.06. The summed E-state index contributed by atoms with van der Waals surface area (Å²) in [6.07, 6.45) is 31.3. The number of benzene rings is 1. The zero-order valence-electron chi connectivity index (χ0n) is 26.2. The average Bonchev–Trinajstić information content (AvgIpc) is 3.29. The van der Waals surface area contributed by atoms with Crippen LogP contribution in [-0.2, 0) is 14.6 Å². The van der Waals surface area contributed by atoms with E-state index >= 15 is 0 Å². The molecule has 0 bridgehead atoms. The number of unbranched alkanes of at least 4 members (excludes halogenated alkanes) is 15. The van der Waals surface area contributed by atoms with Gasteiger partial charge >= 0.3 is 10.4 Å². The van der Waals surface area contributed by atoms with E-state index in [4.69, 9.17) is 4.55 Å².